The molecule has 0 spiro atoms. The average Bonchev–Trinajstić information content (AvgIpc) is 3.10. The molecule has 2 bridgehead atoms. The molecule has 0 radical (unpaired) electrons. The van der Waals surface area contributed by atoms with Crippen LogP contribution in [0, 0.1) is 0 Å². The Morgan fingerprint density at radius 1 is 1.00 bits per heavy atom. The summed E-state index contributed by atoms with van der Waals surface area (Å²) in [6, 6.07) is 17.8. The van der Waals surface area contributed by atoms with Gasteiger partial charge in [-0.3, -0.25) is 4.79 Å². The van der Waals surface area contributed by atoms with Gasteiger partial charge in [0.05, 0.1) is 11.3 Å². The van der Waals surface area contributed by atoms with E-state index in [2.05, 4.69) is 56.0 Å². The van der Waals surface area contributed by atoms with Crippen LogP contribution in [-0.4, -0.2) is 40.5 Å². The fourth-order valence-electron chi connectivity index (χ4n) is 5.38. The van der Waals surface area contributed by atoms with Gasteiger partial charge in [0.25, 0.3) is 5.91 Å². The second-order valence-corrected chi connectivity index (χ2v) is 9.33. The van der Waals surface area contributed by atoms with Gasteiger partial charge in [0.15, 0.2) is 0 Å². The molecule has 2 unspecified atom stereocenters. The van der Waals surface area contributed by atoms with E-state index in [1.165, 1.54) is 12.8 Å². The van der Waals surface area contributed by atoms with Gasteiger partial charge in [0.1, 0.15) is 0 Å². The lowest BCUT2D eigenvalue weighted by Crippen LogP contribution is -2.48. The molecule has 3 aromatic rings. The van der Waals surface area contributed by atoms with E-state index in [4.69, 9.17) is 0 Å². The minimum atomic E-state index is 0. The maximum absolute atomic E-state index is 13.6. The highest BCUT2D eigenvalue weighted by molar-refractivity contribution is 9.10. The molecule has 30 heavy (non-hydrogen) atoms. The van der Waals surface area contributed by atoms with Gasteiger partial charge in [0, 0.05) is 46.1 Å². The molecule has 6 heteroatoms. The van der Waals surface area contributed by atoms with Gasteiger partial charge in [-0.2, -0.15) is 0 Å². The molecule has 2 fully saturated rings. The second-order valence-electron chi connectivity index (χ2n) is 8.47. The molecule has 158 valence electrons. The van der Waals surface area contributed by atoms with Gasteiger partial charge >= 0.3 is 0 Å². The van der Waals surface area contributed by atoms with E-state index < -0.39 is 0 Å². The lowest BCUT2D eigenvalue weighted by Gasteiger charge is -2.36. The maximum atomic E-state index is 13.6. The Morgan fingerprint density at radius 2 is 1.63 bits per heavy atom. The maximum Gasteiger partial charge on any atom is 0.254 e. The third-order valence-electron chi connectivity index (χ3n) is 6.90. The summed E-state index contributed by atoms with van der Waals surface area (Å²) < 4.78 is 3.14. The number of aromatic nitrogens is 1. The van der Waals surface area contributed by atoms with E-state index in [1.807, 2.05) is 37.4 Å². The number of benzene rings is 2. The Bertz CT molecular complexity index is 1080. The van der Waals surface area contributed by atoms with Crippen molar-refractivity contribution < 1.29 is 4.79 Å². The van der Waals surface area contributed by atoms with Crippen LogP contribution in [0.2, 0.25) is 0 Å². The summed E-state index contributed by atoms with van der Waals surface area (Å²) in [6.07, 6.45) is 4.61. The number of carbonyl (C=O) groups excluding carboxylic acids is 1. The molecule has 2 atom stereocenters. The van der Waals surface area contributed by atoms with Gasteiger partial charge in [-0.15, -0.1) is 12.4 Å². The third-order valence-corrected chi connectivity index (χ3v) is 7.59. The number of amides is 1. The van der Waals surface area contributed by atoms with Crippen LogP contribution in [0.3, 0.4) is 0 Å². The molecule has 3 heterocycles. The van der Waals surface area contributed by atoms with Gasteiger partial charge in [-0.1, -0.05) is 52.3 Å². The van der Waals surface area contributed by atoms with Crippen LogP contribution in [0.4, 0.5) is 0 Å². The minimum Gasteiger partial charge on any atom is -0.349 e. The Hall–Kier alpha value is -1.82. The fraction of sp³-hybridized carbons (Fsp3) is 0.375. The molecule has 0 aliphatic carbocycles. The number of carbonyl (C=O) groups is 1. The number of nitrogens with zero attached hydrogens (tertiary/aromatic N) is 2. The van der Waals surface area contributed by atoms with Gasteiger partial charge in [-0.25, -0.2) is 0 Å². The highest BCUT2D eigenvalue weighted by atomic mass is 79.9. The first-order valence-corrected chi connectivity index (χ1v) is 11.2. The van der Waals surface area contributed by atoms with Crippen LogP contribution >= 0.6 is 28.3 Å². The molecule has 2 aromatic carbocycles. The molecular weight excluding hydrogens is 462 g/mol. The molecule has 1 N–H and O–H groups in total. The first-order valence-electron chi connectivity index (χ1n) is 10.4. The van der Waals surface area contributed by atoms with Crippen LogP contribution in [0.25, 0.3) is 22.2 Å². The normalized spacial score (nSPS) is 23.4. The lowest BCUT2D eigenvalue weighted by molar-refractivity contribution is 0.0884. The standard InChI is InChI=1S/C24H26BrN3O.ClH/c1-27-16-11-12-17(27)14-15(13-16)26-24(29)22-19-8-4-6-10-21(19)28(2)23(22)18-7-3-5-9-20(18)25;/h3-10,15-17H,11-14H2,1-2H3,(H,26,29);1H. The smallest absolute Gasteiger partial charge is 0.254 e. The van der Waals surface area contributed by atoms with E-state index in [0.29, 0.717) is 12.1 Å². The lowest BCUT2D eigenvalue weighted by atomic mass is 9.97. The zero-order valence-corrected chi connectivity index (χ0v) is 19.7. The average molecular weight is 489 g/mol. The number of nitrogens with one attached hydrogen (secondary N) is 1. The highest BCUT2D eigenvalue weighted by Crippen LogP contribution is 2.38. The van der Waals surface area contributed by atoms with Crippen LogP contribution in [-0.2, 0) is 7.05 Å². The van der Waals surface area contributed by atoms with E-state index >= 15 is 0 Å². The number of halogens is 2. The topological polar surface area (TPSA) is 37.3 Å². The van der Waals surface area contributed by atoms with Crippen molar-refractivity contribution in [3.05, 3.63) is 58.6 Å². The third kappa shape index (κ3) is 3.47. The van der Waals surface area contributed by atoms with Crippen molar-refractivity contribution in [3.63, 3.8) is 0 Å². The summed E-state index contributed by atoms with van der Waals surface area (Å²) >= 11 is 3.69. The van der Waals surface area contributed by atoms with Crippen LogP contribution in [0.5, 0.6) is 0 Å². The predicted molar refractivity (Wildman–Crippen MR) is 128 cm³/mol. The summed E-state index contributed by atoms with van der Waals surface area (Å²) in [7, 11) is 4.28. The number of fused-ring (bicyclic) bond motifs is 3. The Labute approximate surface area is 192 Å². The second kappa shape index (κ2) is 8.37. The zero-order chi connectivity index (χ0) is 20.1. The quantitative estimate of drug-likeness (QED) is 0.537. The van der Waals surface area contributed by atoms with Crippen molar-refractivity contribution in [1.29, 1.82) is 0 Å². The summed E-state index contributed by atoms with van der Waals surface area (Å²) in [5.74, 6) is 0.0431. The molecule has 1 aromatic heterocycles. The molecule has 2 aliphatic heterocycles. The SMILES string of the molecule is CN1C2CCC1CC(NC(=O)c1c(-c3ccccc3Br)n(C)c3ccccc13)C2.Cl. The van der Waals surface area contributed by atoms with Gasteiger partial charge < -0.3 is 14.8 Å². The molecular formula is C24H27BrClN3O. The van der Waals surface area contributed by atoms with E-state index in [-0.39, 0.29) is 24.4 Å². The number of hydrogen-bond acceptors (Lipinski definition) is 2. The van der Waals surface area contributed by atoms with Crippen molar-refractivity contribution in [1.82, 2.24) is 14.8 Å². The van der Waals surface area contributed by atoms with E-state index in [9.17, 15) is 4.79 Å². The fourth-order valence-corrected chi connectivity index (χ4v) is 5.85. The van der Waals surface area contributed by atoms with Crippen molar-refractivity contribution in [2.45, 2.75) is 43.8 Å². The Morgan fingerprint density at radius 3 is 2.33 bits per heavy atom. The number of piperidine rings is 1. The van der Waals surface area contributed by atoms with Gasteiger partial charge in [-0.05, 0) is 44.9 Å². The summed E-state index contributed by atoms with van der Waals surface area (Å²) in [5.41, 5.74) is 3.86. The van der Waals surface area contributed by atoms with Crippen LogP contribution in [0.15, 0.2) is 53.0 Å². The Kier molecular flexibility index (Phi) is 5.97. The summed E-state index contributed by atoms with van der Waals surface area (Å²) in [4.78, 5) is 16.1. The largest absolute Gasteiger partial charge is 0.349 e. The molecule has 0 saturated carbocycles. The monoisotopic (exact) mass is 487 g/mol. The van der Waals surface area contributed by atoms with Crippen molar-refractivity contribution in [3.8, 4) is 11.3 Å². The first kappa shape index (κ1) is 21.4. The van der Waals surface area contributed by atoms with Crippen LogP contribution in [0.1, 0.15) is 36.0 Å². The zero-order valence-electron chi connectivity index (χ0n) is 17.3. The van der Waals surface area contributed by atoms with Crippen molar-refractivity contribution in [2.75, 3.05) is 7.05 Å². The Balaban J connectivity index is 0.00000218. The molecule has 1 amide bonds. The van der Waals surface area contributed by atoms with Crippen molar-refractivity contribution >= 4 is 45.1 Å². The van der Waals surface area contributed by atoms with E-state index in [0.717, 1.165) is 45.0 Å². The summed E-state index contributed by atoms with van der Waals surface area (Å²) in [5, 5.41) is 4.41. The highest BCUT2D eigenvalue weighted by Gasteiger charge is 2.39. The number of aryl methyl sites for hydroxylation is 1. The van der Waals surface area contributed by atoms with Gasteiger partial charge in [0.2, 0.25) is 0 Å². The predicted octanol–water partition coefficient (Wildman–Crippen LogP) is 5.38. The van der Waals surface area contributed by atoms with E-state index in [1.54, 1.807) is 0 Å². The molecule has 5 rings (SSSR count). The van der Waals surface area contributed by atoms with Crippen molar-refractivity contribution in [2.24, 2.45) is 7.05 Å². The molecule has 2 saturated heterocycles. The number of hydrogen-bond donors (Lipinski definition) is 1. The minimum absolute atomic E-state index is 0. The summed E-state index contributed by atoms with van der Waals surface area (Å²) in [6.45, 7) is 0. The molecule has 2 aliphatic rings. The molecule has 4 nitrogen and oxygen atoms in total. The number of para-hydroxylation sites is 1. The number of rotatable bonds is 3. The first-order chi connectivity index (χ1) is 14.0. The van der Waals surface area contributed by atoms with Crippen LogP contribution < -0.4 is 5.32 Å².